The highest BCUT2D eigenvalue weighted by Crippen LogP contribution is 2.45. The van der Waals surface area contributed by atoms with Gasteiger partial charge in [-0.15, -0.1) is 0 Å². The molecule has 19 heteroatoms. The standard InChI is InChI=1S/C85H166O17P2/c1-9-78(8)64-56-48-40-32-25-21-17-12-10-11-13-18-22-26-33-41-49-57-65-82(87)95-71-80(101-85(90)68-60-52-43-35-29-28-31-38-46-54-62-76(4)5)73-99-103(91,92)97-69-79(86)70-98-104(93,94)100-74-81(72-96-83(88)66-58-50-44-36-39-47-55-63-77(6)7)102-84(89)67-59-51-42-34-27-23-19-15-14-16-20-24-30-37-45-53-61-75(2)3/h75-81,86H,9-74H2,1-8H3,(H,91,92)(H,93,94)/t78?,79?,80-,81-/m1/s1. The number of carbonyl (C=O) groups is 4. The molecule has 0 aliphatic carbocycles. The van der Waals surface area contributed by atoms with Crippen LogP contribution in [0.15, 0.2) is 0 Å². The van der Waals surface area contributed by atoms with Gasteiger partial charge in [-0.1, -0.05) is 389 Å². The second-order valence-corrected chi connectivity index (χ2v) is 35.2. The van der Waals surface area contributed by atoms with E-state index in [0.29, 0.717) is 31.6 Å². The van der Waals surface area contributed by atoms with Crippen LogP contribution in [0.5, 0.6) is 0 Å². The maximum absolute atomic E-state index is 13.1. The van der Waals surface area contributed by atoms with Crippen molar-refractivity contribution in [2.45, 2.75) is 459 Å². The first kappa shape index (κ1) is 102. The number of rotatable bonds is 82. The number of aliphatic hydroxyl groups is 1. The summed E-state index contributed by atoms with van der Waals surface area (Å²) in [4.78, 5) is 73.1. The summed E-state index contributed by atoms with van der Waals surface area (Å²) in [5.74, 6) is 1.03. The van der Waals surface area contributed by atoms with Crippen molar-refractivity contribution in [3.63, 3.8) is 0 Å². The Morgan fingerprint density at radius 2 is 0.462 bits per heavy atom. The highest BCUT2D eigenvalue weighted by Gasteiger charge is 2.30. The van der Waals surface area contributed by atoms with E-state index in [-0.39, 0.29) is 25.7 Å². The van der Waals surface area contributed by atoms with E-state index in [4.69, 9.17) is 37.0 Å². The number of phosphoric ester groups is 2. The summed E-state index contributed by atoms with van der Waals surface area (Å²) in [6, 6.07) is 0. The fourth-order valence-corrected chi connectivity index (χ4v) is 14.7. The lowest BCUT2D eigenvalue weighted by Crippen LogP contribution is -2.30. The van der Waals surface area contributed by atoms with E-state index in [9.17, 15) is 43.2 Å². The minimum Gasteiger partial charge on any atom is -0.462 e. The first-order chi connectivity index (χ1) is 50.1. The summed E-state index contributed by atoms with van der Waals surface area (Å²) < 4.78 is 68.8. The van der Waals surface area contributed by atoms with E-state index in [1.165, 1.54) is 238 Å². The van der Waals surface area contributed by atoms with Gasteiger partial charge in [0.1, 0.15) is 19.3 Å². The molecule has 0 spiro atoms. The van der Waals surface area contributed by atoms with Crippen LogP contribution in [-0.4, -0.2) is 96.7 Å². The molecule has 618 valence electrons. The van der Waals surface area contributed by atoms with Crippen molar-refractivity contribution in [2.24, 2.45) is 23.7 Å². The number of ether oxygens (including phenoxy) is 4. The van der Waals surface area contributed by atoms with E-state index in [1.54, 1.807) is 0 Å². The molecule has 0 saturated heterocycles. The Kier molecular flexibility index (Phi) is 72.5. The largest absolute Gasteiger partial charge is 0.472 e. The molecule has 0 heterocycles. The lowest BCUT2D eigenvalue weighted by molar-refractivity contribution is -0.161. The van der Waals surface area contributed by atoms with Gasteiger partial charge in [0, 0.05) is 25.7 Å². The van der Waals surface area contributed by atoms with Crippen molar-refractivity contribution in [1.82, 2.24) is 0 Å². The third-order valence-electron chi connectivity index (χ3n) is 20.2. The van der Waals surface area contributed by atoms with Crippen LogP contribution in [0.3, 0.4) is 0 Å². The molecule has 0 aromatic rings. The molecule has 0 fully saturated rings. The van der Waals surface area contributed by atoms with Gasteiger partial charge in [-0.25, -0.2) is 9.13 Å². The van der Waals surface area contributed by atoms with Crippen molar-refractivity contribution in [3.8, 4) is 0 Å². The van der Waals surface area contributed by atoms with Gasteiger partial charge in [-0.2, -0.15) is 0 Å². The second-order valence-electron chi connectivity index (χ2n) is 32.2. The van der Waals surface area contributed by atoms with Crippen LogP contribution in [0.25, 0.3) is 0 Å². The van der Waals surface area contributed by atoms with Crippen LogP contribution in [0.1, 0.15) is 441 Å². The summed E-state index contributed by atoms with van der Waals surface area (Å²) in [6.07, 6.45) is 62.6. The molecule has 17 nitrogen and oxygen atoms in total. The zero-order valence-corrected chi connectivity index (χ0v) is 70.5. The monoisotopic (exact) mass is 1520 g/mol. The van der Waals surface area contributed by atoms with E-state index in [0.717, 1.165) is 114 Å². The molecular weight excluding hydrogens is 1350 g/mol. The van der Waals surface area contributed by atoms with Crippen molar-refractivity contribution < 1.29 is 80.2 Å². The Balaban J connectivity index is 5.17. The number of phosphoric acid groups is 2. The lowest BCUT2D eigenvalue weighted by Gasteiger charge is -2.21. The second kappa shape index (κ2) is 73.8. The number of esters is 4. The van der Waals surface area contributed by atoms with E-state index < -0.39 is 97.5 Å². The lowest BCUT2D eigenvalue weighted by atomic mass is 9.99. The molecule has 0 radical (unpaired) electrons. The summed E-state index contributed by atoms with van der Waals surface area (Å²) in [6.45, 7) is 14.3. The summed E-state index contributed by atoms with van der Waals surface area (Å²) in [5, 5.41) is 10.7. The Hall–Kier alpha value is -1.94. The van der Waals surface area contributed by atoms with E-state index in [1.807, 2.05) is 0 Å². The molecule has 0 saturated carbocycles. The SMILES string of the molecule is CCC(C)CCCCCCCCCCCCCCCCCCCCC(=O)OC[C@H](COP(=O)(O)OCC(O)COP(=O)(O)OC[C@@H](COC(=O)CCCCCCCCCC(C)C)OC(=O)CCCCCCCCCCCCCCCCCCC(C)C)OC(=O)CCCCCCCCCCCCC(C)C. The number of hydrogen-bond acceptors (Lipinski definition) is 15. The Bertz CT molecular complexity index is 2030. The van der Waals surface area contributed by atoms with Crippen molar-refractivity contribution in [2.75, 3.05) is 39.6 Å². The Morgan fingerprint density at radius 3 is 0.683 bits per heavy atom. The van der Waals surface area contributed by atoms with Gasteiger partial charge >= 0.3 is 39.5 Å². The topological polar surface area (TPSA) is 237 Å². The fourth-order valence-electron chi connectivity index (χ4n) is 13.1. The number of carbonyl (C=O) groups excluding carboxylic acids is 4. The maximum atomic E-state index is 13.1. The first-order valence-electron chi connectivity index (χ1n) is 43.7. The van der Waals surface area contributed by atoms with Gasteiger partial charge < -0.3 is 33.8 Å². The number of hydrogen-bond donors (Lipinski definition) is 3. The summed E-state index contributed by atoms with van der Waals surface area (Å²) in [7, 11) is -9.93. The van der Waals surface area contributed by atoms with Crippen LogP contribution in [0.4, 0.5) is 0 Å². The molecule has 0 aliphatic rings. The van der Waals surface area contributed by atoms with Gasteiger partial charge in [0.15, 0.2) is 12.2 Å². The summed E-state index contributed by atoms with van der Waals surface area (Å²) in [5.41, 5.74) is 0. The van der Waals surface area contributed by atoms with E-state index in [2.05, 4.69) is 55.4 Å². The molecule has 0 aromatic carbocycles. The molecule has 6 atom stereocenters. The van der Waals surface area contributed by atoms with Gasteiger partial charge in [0.25, 0.3) is 0 Å². The molecule has 104 heavy (non-hydrogen) atoms. The van der Waals surface area contributed by atoms with Crippen molar-refractivity contribution in [1.29, 1.82) is 0 Å². The normalized spacial score (nSPS) is 14.2. The molecular formula is C85H166O17P2. The van der Waals surface area contributed by atoms with Crippen molar-refractivity contribution in [3.05, 3.63) is 0 Å². The predicted octanol–water partition coefficient (Wildman–Crippen LogP) is 25.6. The first-order valence-corrected chi connectivity index (χ1v) is 46.7. The maximum Gasteiger partial charge on any atom is 0.472 e. The van der Waals surface area contributed by atoms with Gasteiger partial charge in [0.05, 0.1) is 26.4 Å². The quantitative estimate of drug-likeness (QED) is 0.0222. The van der Waals surface area contributed by atoms with Crippen LogP contribution in [0.2, 0.25) is 0 Å². The van der Waals surface area contributed by atoms with Crippen LogP contribution in [0, 0.1) is 23.7 Å². The minimum atomic E-state index is -4.96. The average molecular weight is 1520 g/mol. The third kappa shape index (κ3) is 76.8. The number of aliphatic hydroxyl groups excluding tert-OH is 1. The highest BCUT2D eigenvalue weighted by atomic mass is 31.2. The number of unbranched alkanes of at least 4 members (excludes halogenated alkanes) is 47. The Morgan fingerprint density at radius 1 is 0.269 bits per heavy atom. The zero-order valence-electron chi connectivity index (χ0n) is 68.7. The van der Waals surface area contributed by atoms with Crippen LogP contribution < -0.4 is 0 Å². The fraction of sp³-hybridized carbons (Fsp3) is 0.953. The van der Waals surface area contributed by atoms with Gasteiger partial charge in [-0.3, -0.25) is 37.3 Å². The molecule has 0 rings (SSSR count). The van der Waals surface area contributed by atoms with Gasteiger partial charge in [0.2, 0.25) is 0 Å². The molecule has 4 unspecified atom stereocenters. The zero-order chi connectivity index (χ0) is 76.7. The molecule has 0 amide bonds. The third-order valence-corrected chi connectivity index (χ3v) is 22.1. The molecule has 0 aromatic heterocycles. The van der Waals surface area contributed by atoms with Crippen molar-refractivity contribution >= 4 is 39.5 Å². The summed E-state index contributed by atoms with van der Waals surface area (Å²) >= 11 is 0. The Labute approximate surface area is 638 Å². The highest BCUT2D eigenvalue weighted by molar-refractivity contribution is 7.47. The van der Waals surface area contributed by atoms with Crippen LogP contribution in [-0.2, 0) is 65.4 Å². The smallest absolute Gasteiger partial charge is 0.462 e. The molecule has 3 N–H and O–H groups in total. The molecule has 0 aliphatic heterocycles. The predicted molar refractivity (Wildman–Crippen MR) is 428 cm³/mol. The molecule has 0 bridgehead atoms. The average Bonchev–Trinajstić information content (AvgIpc) is 0.932. The van der Waals surface area contributed by atoms with Gasteiger partial charge in [-0.05, 0) is 49.4 Å². The van der Waals surface area contributed by atoms with Crippen LogP contribution >= 0.6 is 15.6 Å². The minimum absolute atomic E-state index is 0.106. The van der Waals surface area contributed by atoms with E-state index >= 15 is 0 Å².